The molecule has 3 aromatic rings. The highest BCUT2D eigenvalue weighted by atomic mass is 32.2. The molecule has 0 N–H and O–H groups in total. The maximum atomic E-state index is 13.4. The second-order valence-electron chi connectivity index (χ2n) is 9.85. The van der Waals surface area contributed by atoms with Crippen molar-refractivity contribution in [3.63, 3.8) is 0 Å². The molecular weight excluding hydrogens is 540 g/mol. The van der Waals surface area contributed by atoms with Crippen LogP contribution < -0.4 is 4.74 Å². The van der Waals surface area contributed by atoms with E-state index in [4.69, 9.17) is 4.74 Å². The first-order chi connectivity index (χ1) is 18.5. The molecule has 3 nitrogen and oxygen atoms in total. The third-order valence-corrected chi connectivity index (χ3v) is 8.22. The molecule has 0 saturated carbocycles. The molecule has 206 valence electrons. The molecule has 0 radical (unpaired) electrons. The quantitative estimate of drug-likeness (QED) is 0.223. The van der Waals surface area contributed by atoms with Crippen molar-refractivity contribution in [3.05, 3.63) is 95.1 Å². The first kappa shape index (κ1) is 27.4. The first-order valence-corrected chi connectivity index (χ1v) is 13.5. The molecule has 2 atom stereocenters. The molecule has 2 aliphatic heterocycles. The molecule has 3 aromatic carbocycles. The van der Waals surface area contributed by atoms with E-state index in [-0.39, 0.29) is 29.8 Å². The number of carbonyl (C=O) groups excluding carboxylic acids is 1. The lowest BCUT2D eigenvalue weighted by Gasteiger charge is -2.39. The van der Waals surface area contributed by atoms with Crippen molar-refractivity contribution in [2.45, 2.75) is 66.9 Å². The van der Waals surface area contributed by atoms with Crippen LogP contribution in [0.4, 0.5) is 26.3 Å². The van der Waals surface area contributed by atoms with E-state index in [0.29, 0.717) is 29.1 Å². The van der Waals surface area contributed by atoms with Gasteiger partial charge in [-0.1, -0.05) is 24.3 Å². The number of benzene rings is 3. The zero-order valence-corrected chi connectivity index (χ0v) is 21.5. The number of nitrogens with zero attached hydrogens (tertiary/aromatic N) is 1. The van der Waals surface area contributed by atoms with E-state index in [1.807, 2.05) is 4.90 Å². The number of fused-ring (bicyclic) bond motifs is 2. The maximum Gasteiger partial charge on any atom is 0.416 e. The minimum absolute atomic E-state index is 0.0526. The van der Waals surface area contributed by atoms with Crippen molar-refractivity contribution < 1.29 is 35.9 Å². The number of ether oxygens (including phenoxy) is 1. The summed E-state index contributed by atoms with van der Waals surface area (Å²) in [5.41, 5.74) is -0.0403. The lowest BCUT2D eigenvalue weighted by Crippen LogP contribution is -2.49. The predicted molar refractivity (Wildman–Crippen MR) is 136 cm³/mol. The Labute approximate surface area is 226 Å². The van der Waals surface area contributed by atoms with Gasteiger partial charge in [0.2, 0.25) is 0 Å². The van der Waals surface area contributed by atoms with E-state index in [9.17, 15) is 31.1 Å². The summed E-state index contributed by atoms with van der Waals surface area (Å²) in [6.45, 7) is 0. The normalized spacial score (nSPS) is 21.2. The van der Waals surface area contributed by atoms with Crippen molar-refractivity contribution in [2.75, 3.05) is 0 Å². The Morgan fingerprint density at radius 3 is 2.03 bits per heavy atom. The van der Waals surface area contributed by atoms with Crippen LogP contribution in [-0.4, -0.2) is 29.0 Å². The molecular formula is C29H25F6NO2S. The summed E-state index contributed by atoms with van der Waals surface area (Å²) in [5.74, 6) is 0.531. The van der Waals surface area contributed by atoms with Crippen LogP contribution in [0.2, 0.25) is 0 Å². The maximum absolute atomic E-state index is 13.4. The summed E-state index contributed by atoms with van der Waals surface area (Å²) < 4.78 is 83.9. The van der Waals surface area contributed by atoms with Gasteiger partial charge in [-0.3, -0.25) is 4.79 Å². The number of rotatable bonds is 6. The van der Waals surface area contributed by atoms with Crippen molar-refractivity contribution in [2.24, 2.45) is 0 Å². The van der Waals surface area contributed by atoms with Crippen LogP contribution >= 0.6 is 11.8 Å². The van der Waals surface area contributed by atoms with Gasteiger partial charge in [0, 0.05) is 41.1 Å². The molecule has 0 aliphatic carbocycles. The smallest absolute Gasteiger partial charge is 0.416 e. The Bertz CT molecular complexity index is 1310. The van der Waals surface area contributed by atoms with Gasteiger partial charge < -0.3 is 9.64 Å². The Hall–Kier alpha value is -3.14. The molecule has 2 saturated heterocycles. The number of thioether (sulfide) groups is 1. The number of alkyl halides is 6. The molecule has 2 aliphatic rings. The lowest BCUT2D eigenvalue weighted by atomic mass is 9.98. The number of amides is 1. The molecule has 1 amide bonds. The minimum Gasteiger partial charge on any atom is -0.490 e. The van der Waals surface area contributed by atoms with Crippen LogP contribution in [0.15, 0.2) is 77.7 Å². The van der Waals surface area contributed by atoms with Crippen LogP contribution in [0.25, 0.3) is 0 Å². The Balaban J connectivity index is 1.19. The number of halogens is 6. The highest BCUT2D eigenvalue weighted by molar-refractivity contribution is 7.98. The Morgan fingerprint density at radius 1 is 0.821 bits per heavy atom. The van der Waals surface area contributed by atoms with Gasteiger partial charge in [-0.2, -0.15) is 26.3 Å². The first-order valence-electron chi connectivity index (χ1n) is 12.5. The van der Waals surface area contributed by atoms with E-state index in [1.54, 1.807) is 30.3 Å². The Morgan fingerprint density at radius 2 is 1.41 bits per heavy atom. The second kappa shape index (κ2) is 10.8. The summed E-state index contributed by atoms with van der Waals surface area (Å²) in [7, 11) is 0. The SMILES string of the molecule is O=C(c1ccc(CSc2cccc(C(F)(F)F)c2)cc1)N1C2CCC1CC(Oc1cccc(C(F)(F)F)c1)C2. The standard InChI is InChI=1S/C29H25F6NO2S/c30-28(31,32)20-3-1-5-24(13-20)38-25-15-22-11-12-23(16-25)36(22)27(37)19-9-7-18(8-10-19)17-39-26-6-2-4-21(14-26)29(33,34)35/h1-10,13-14,22-23,25H,11-12,15-17H2. The molecule has 2 heterocycles. The summed E-state index contributed by atoms with van der Waals surface area (Å²) in [4.78, 5) is 15.7. The van der Waals surface area contributed by atoms with Gasteiger partial charge >= 0.3 is 12.4 Å². The van der Waals surface area contributed by atoms with Gasteiger partial charge in [-0.25, -0.2) is 0 Å². The molecule has 39 heavy (non-hydrogen) atoms. The molecule has 5 rings (SSSR count). The topological polar surface area (TPSA) is 29.5 Å². The highest BCUT2D eigenvalue weighted by Crippen LogP contribution is 2.39. The molecule has 0 spiro atoms. The average Bonchev–Trinajstić information content (AvgIpc) is 3.16. The Kier molecular flexibility index (Phi) is 7.59. The van der Waals surface area contributed by atoms with Crippen molar-refractivity contribution >= 4 is 17.7 Å². The van der Waals surface area contributed by atoms with E-state index in [2.05, 4.69) is 0 Å². The molecule has 2 bridgehead atoms. The van der Waals surface area contributed by atoms with Crippen molar-refractivity contribution in [1.82, 2.24) is 4.90 Å². The largest absolute Gasteiger partial charge is 0.490 e. The van der Waals surface area contributed by atoms with E-state index >= 15 is 0 Å². The van der Waals surface area contributed by atoms with Crippen LogP contribution in [0, 0.1) is 0 Å². The number of carbonyl (C=O) groups is 1. The third-order valence-electron chi connectivity index (χ3n) is 7.16. The van der Waals surface area contributed by atoms with Gasteiger partial charge in [0.1, 0.15) is 11.9 Å². The number of hydrogen-bond acceptors (Lipinski definition) is 3. The van der Waals surface area contributed by atoms with E-state index < -0.39 is 23.5 Å². The average molecular weight is 566 g/mol. The lowest BCUT2D eigenvalue weighted by molar-refractivity contribution is -0.138. The van der Waals surface area contributed by atoms with Gasteiger partial charge in [-0.15, -0.1) is 11.8 Å². The molecule has 10 heteroatoms. The fourth-order valence-corrected chi connectivity index (χ4v) is 6.23. The van der Waals surface area contributed by atoms with Crippen LogP contribution in [-0.2, 0) is 18.1 Å². The zero-order chi connectivity index (χ0) is 27.8. The van der Waals surface area contributed by atoms with Gasteiger partial charge in [0.25, 0.3) is 5.91 Å². The monoisotopic (exact) mass is 565 g/mol. The van der Waals surface area contributed by atoms with Gasteiger partial charge in [-0.05, 0) is 66.9 Å². The highest BCUT2D eigenvalue weighted by Gasteiger charge is 2.44. The van der Waals surface area contributed by atoms with Crippen LogP contribution in [0.3, 0.4) is 0 Å². The fraction of sp³-hybridized carbons (Fsp3) is 0.345. The molecule has 2 unspecified atom stereocenters. The summed E-state index contributed by atoms with van der Waals surface area (Å²) in [5, 5.41) is 0. The number of hydrogen-bond donors (Lipinski definition) is 0. The minimum atomic E-state index is -4.44. The summed E-state index contributed by atoms with van der Waals surface area (Å²) in [6.07, 6.45) is -6.40. The van der Waals surface area contributed by atoms with E-state index in [0.717, 1.165) is 42.7 Å². The number of piperidine rings is 1. The van der Waals surface area contributed by atoms with Gasteiger partial charge in [0.05, 0.1) is 11.1 Å². The summed E-state index contributed by atoms with van der Waals surface area (Å²) >= 11 is 1.29. The fourth-order valence-electron chi connectivity index (χ4n) is 5.31. The third kappa shape index (κ3) is 6.37. The molecule has 0 aromatic heterocycles. The van der Waals surface area contributed by atoms with Crippen molar-refractivity contribution in [3.8, 4) is 5.75 Å². The van der Waals surface area contributed by atoms with E-state index in [1.165, 1.54) is 30.0 Å². The summed E-state index contributed by atoms with van der Waals surface area (Å²) in [6, 6.07) is 17.0. The molecule has 2 fully saturated rings. The van der Waals surface area contributed by atoms with Crippen LogP contribution in [0.1, 0.15) is 52.7 Å². The second-order valence-corrected chi connectivity index (χ2v) is 10.9. The van der Waals surface area contributed by atoms with Gasteiger partial charge in [0.15, 0.2) is 0 Å². The van der Waals surface area contributed by atoms with Crippen molar-refractivity contribution in [1.29, 1.82) is 0 Å². The zero-order valence-electron chi connectivity index (χ0n) is 20.6. The van der Waals surface area contributed by atoms with Crippen LogP contribution in [0.5, 0.6) is 5.75 Å². The predicted octanol–water partition coefficient (Wildman–Crippen LogP) is 8.23.